The Morgan fingerprint density at radius 3 is 2.10 bits per heavy atom. The first-order chi connectivity index (χ1) is 14.8. The summed E-state index contributed by atoms with van der Waals surface area (Å²) in [6.07, 6.45) is 3.05. The van der Waals surface area contributed by atoms with Gasteiger partial charge in [0.25, 0.3) is 0 Å². The molecule has 0 saturated carbocycles. The fraction of sp³-hybridized carbons (Fsp3) is 0.217. The number of aliphatic carboxylic acids is 2. The minimum atomic E-state index is -2.07. The van der Waals surface area contributed by atoms with E-state index in [1.165, 1.54) is 0 Å². The summed E-state index contributed by atoms with van der Waals surface area (Å²) in [5.74, 6) is -6.53. The molecule has 2 amide bonds. The lowest BCUT2D eigenvalue weighted by Crippen LogP contribution is -2.56. The van der Waals surface area contributed by atoms with Crippen molar-refractivity contribution in [2.24, 2.45) is 11.8 Å². The number of nitrogens with one attached hydrogen (secondary N) is 2. The molecule has 0 radical (unpaired) electrons. The number of imide groups is 1. The van der Waals surface area contributed by atoms with Crippen molar-refractivity contribution in [2.75, 3.05) is 0 Å². The summed E-state index contributed by atoms with van der Waals surface area (Å²) in [5, 5.41) is 24.1. The van der Waals surface area contributed by atoms with Gasteiger partial charge in [0, 0.05) is 6.04 Å². The van der Waals surface area contributed by atoms with E-state index in [0.29, 0.717) is 5.56 Å². The fourth-order valence-electron chi connectivity index (χ4n) is 4.46. The number of amides is 2. The summed E-state index contributed by atoms with van der Waals surface area (Å²) >= 11 is 0. The summed E-state index contributed by atoms with van der Waals surface area (Å²) in [4.78, 5) is 48.3. The van der Waals surface area contributed by atoms with Gasteiger partial charge < -0.3 is 10.2 Å². The minimum absolute atomic E-state index is 0.602. The van der Waals surface area contributed by atoms with E-state index < -0.39 is 53.6 Å². The summed E-state index contributed by atoms with van der Waals surface area (Å²) < 4.78 is 0. The molecule has 4 unspecified atom stereocenters. The highest BCUT2D eigenvalue weighted by Gasteiger charge is 2.67. The lowest BCUT2D eigenvalue weighted by molar-refractivity contribution is -0.154. The number of carbonyl (C=O) groups is 4. The fourth-order valence-corrected chi connectivity index (χ4v) is 4.46. The number of fused-ring (bicyclic) bond motifs is 1. The third kappa shape index (κ3) is 3.62. The van der Waals surface area contributed by atoms with E-state index in [9.17, 15) is 29.4 Å². The first-order valence-corrected chi connectivity index (χ1v) is 9.72. The second-order valence-electron chi connectivity index (χ2n) is 7.74. The number of benzene rings is 2. The molecular formula is C23H20N2O6. The monoisotopic (exact) mass is 420 g/mol. The van der Waals surface area contributed by atoms with Gasteiger partial charge in [-0.2, -0.15) is 0 Å². The Bertz CT molecular complexity index is 1080. The molecule has 2 aliphatic heterocycles. The van der Waals surface area contributed by atoms with Crippen molar-refractivity contribution < 1.29 is 29.4 Å². The van der Waals surface area contributed by atoms with Crippen LogP contribution in [0.1, 0.15) is 29.2 Å². The minimum Gasteiger partial charge on any atom is -0.481 e. The van der Waals surface area contributed by atoms with Gasteiger partial charge in [-0.3, -0.25) is 29.8 Å². The highest BCUT2D eigenvalue weighted by Crippen LogP contribution is 2.47. The van der Waals surface area contributed by atoms with Crippen LogP contribution in [-0.2, 0) is 19.2 Å². The van der Waals surface area contributed by atoms with E-state index in [1.54, 1.807) is 12.1 Å². The molecule has 0 spiro atoms. The average molecular weight is 420 g/mol. The number of hydrogen-bond donors (Lipinski definition) is 4. The van der Waals surface area contributed by atoms with Gasteiger partial charge in [-0.15, -0.1) is 0 Å². The van der Waals surface area contributed by atoms with Gasteiger partial charge in [0.2, 0.25) is 11.8 Å². The zero-order valence-corrected chi connectivity index (χ0v) is 16.3. The van der Waals surface area contributed by atoms with Crippen LogP contribution in [0.3, 0.4) is 0 Å². The number of hydrogen-bond acceptors (Lipinski definition) is 5. The Labute approximate surface area is 177 Å². The molecule has 8 nitrogen and oxygen atoms in total. The largest absolute Gasteiger partial charge is 0.481 e. The van der Waals surface area contributed by atoms with Crippen molar-refractivity contribution in [1.82, 2.24) is 10.6 Å². The topological polar surface area (TPSA) is 133 Å². The van der Waals surface area contributed by atoms with E-state index >= 15 is 0 Å². The number of carboxylic acid groups (broad SMARTS) is 2. The van der Waals surface area contributed by atoms with Crippen LogP contribution in [0.4, 0.5) is 0 Å². The molecule has 0 bridgehead atoms. The maximum atomic E-state index is 12.4. The molecule has 2 heterocycles. The smallest absolute Gasteiger partial charge is 0.325 e. The van der Waals surface area contributed by atoms with Crippen molar-refractivity contribution in [1.29, 1.82) is 0 Å². The van der Waals surface area contributed by atoms with Crippen LogP contribution in [-0.4, -0.2) is 39.5 Å². The molecule has 4 rings (SSSR count). The normalized spacial score (nSPS) is 27.3. The Morgan fingerprint density at radius 2 is 1.52 bits per heavy atom. The van der Waals surface area contributed by atoms with E-state index in [0.717, 1.165) is 11.1 Å². The predicted molar refractivity (Wildman–Crippen MR) is 110 cm³/mol. The summed E-state index contributed by atoms with van der Waals surface area (Å²) in [6.45, 7) is 0. The van der Waals surface area contributed by atoms with Crippen molar-refractivity contribution >= 4 is 35.9 Å². The quantitative estimate of drug-likeness (QED) is 0.413. The van der Waals surface area contributed by atoms with E-state index in [1.807, 2.05) is 54.6 Å². The third-order valence-electron chi connectivity index (χ3n) is 5.87. The number of carboxylic acids is 2. The molecule has 8 heteroatoms. The van der Waals surface area contributed by atoms with Gasteiger partial charge in [-0.25, -0.2) is 0 Å². The molecule has 0 aliphatic carbocycles. The van der Waals surface area contributed by atoms with Crippen molar-refractivity contribution in [3.63, 3.8) is 0 Å². The maximum Gasteiger partial charge on any atom is 0.325 e. The summed E-state index contributed by atoms with van der Waals surface area (Å²) in [6, 6.07) is 16.1. The van der Waals surface area contributed by atoms with Crippen LogP contribution < -0.4 is 10.6 Å². The molecule has 4 atom stereocenters. The molecule has 2 aliphatic rings. The summed E-state index contributed by atoms with van der Waals surface area (Å²) in [5.41, 5.74) is 0.464. The highest BCUT2D eigenvalue weighted by molar-refractivity contribution is 6.10. The van der Waals surface area contributed by atoms with Gasteiger partial charge in [0.05, 0.1) is 18.3 Å². The van der Waals surface area contributed by atoms with Crippen LogP contribution >= 0.6 is 0 Å². The predicted octanol–water partition coefficient (Wildman–Crippen LogP) is 1.69. The van der Waals surface area contributed by atoms with Crippen LogP contribution in [0.15, 0.2) is 54.6 Å². The Morgan fingerprint density at radius 1 is 0.903 bits per heavy atom. The van der Waals surface area contributed by atoms with E-state index in [4.69, 9.17) is 0 Å². The second kappa shape index (κ2) is 7.81. The maximum absolute atomic E-state index is 12.4. The van der Waals surface area contributed by atoms with Gasteiger partial charge in [0.1, 0.15) is 5.54 Å². The van der Waals surface area contributed by atoms with Crippen LogP contribution in [0.2, 0.25) is 0 Å². The number of carbonyl (C=O) groups excluding carboxylic acids is 2. The standard InChI is InChI=1S/C23H20N2O6/c26-16(27)12-23(22(30)31)18-17(20(28)24-21(18)29)19(25-23)15-10-8-14(9-11-15)7-6-13-4-2-1-3-5-13/h1-11,17-19,25H,12H2,(H,26,27)(H,30,31)(H,24,28,29). The lowest BCUT2D eigenvalue weighted by atomic mass is 9.77. The van der Waals surface area contributed by atoms with E-state index in [2.05, 4.69) is 10.6 Å². The van der Waals surface area contributed by atoms with Crippen molar-refractivity contribution in [2.45, 2.75) is 18.0 Å². The molecule has 2 aromatic carbocycles. The van der Waals surface area contributed by atoms with Crippen molar-refractivity contribution in [3.05, 3.63) is 71.3 Å². The average Bonchev–Trinajstić information content (AvgIpc) is 3.24. The molecular weight excluding hydrogens is 400 g/mol. The molecule has 4 N–H and O–H groups in total. The van der Waals surface area contributed by atoms with Crippen LogP contribution in [0, 0.1) is 11.8 Å². The van der Waals surface area contributed by atoms with Gasteiger partial charge in [-0.1, -0.05) is 66.7 Å². The molecule has 31 heavy (non-hydrogen) atoms. The van der Waals surface area contributed by atoms with Crippen LogP contribution in [0.25, 0.3) is 12.2 Å². The number of rotatable bonds is 6. The molecule has 2 fully saturated rings. The van der Waals surface area contributed by atoms with Gasteiger partial charge in [0.15, 0.2) is 0 Å². The zero-order valence-electron chi connectivity index (χ0n) is 16.3. The lowest BCUT2D eigenvalue weighted by Gasteiger charge is -2.28. The first-order valence-electron chi connectivity index (χ1n) is 9.72. The SMILES string of the molecule is O=C(O)CC1(C(=O)O)NC(c2ccc(C=Cc3ccccc3)cc2)C2C(=O)NC(=O)C21. The first kappa shape index (κ1) is 20.5. The van der Waals surface area contributed by atoms with Gasteiger partial charge >= 0.3 is 11.9 Å². The molecule has 0 aromatic heterocycles. The van der Waals surface area contributed by atoms with Crippen molar-refractivity contribution in [3.8, 4) is 0 Å². The Balaban J connectivity index is 1.65. The zero-order chi connectivity index (χ0) is 22.2. The highest BCUT2D eigenvalue weighted by atomic mass is 16.4. The molecule has 2 saturated heterocycles. The Kier molecular flexibility index (Phi) is 5.16. The van der Waals surface area contributed by atoms with E-state index in [-0.39, 0.29) is 0 Å². The Hall–Kier alpha value is -3.78. The second-order valence-corrected chi connectivity index (χ2v) is 7.74. The molecule has 158 valence electrons. The van der Waals surface area contributed by atoms with Crippen LogP contribution in [0.5, 0.6) is 0 Å². The van der Waals surface area contributed by atoms with Gasteiger partial charge in [-0.05, 0) is 16.7 Å². The molecule has 2 aromatic rings. The summed E-state index contributed by atoms with van der Waals surface area (Å²) in [7, 11) is 0. The third-order valence-corrected chi connectivity index (χ3v) is 5.87.